The summed E-state index contributed by atoms with van der Waals surface area (Å²) in [5.41, 5.74) is 0.794. The van der Waals surface area contributed by atoms with Crippen molar-refractivity contribution in [1.29, 1.82) is 0 Å². The predicted octanol–water partition coefficient (Wildman–Crippen LogP) is 2.35. The standard InChI is InChI=1S/C13H11N3O3S.ClH/c1-2-19-13(18)9-6-15-16-7-10(20-12(9)16)8-4-3-5-14-11(8)17;/h3-7H,2H2,1H3,(H,14,17);1H. The van der Waals surface area contributed by atoms with E-state index in [0.29, 0.717) is 22.6 Å². The van der Waals surface area contributed by atoms with Crippen LogP contribution in [0, 0.1) is 0 Å². The third-order valence-electron chi connectivity index (χ3n) is 2.77. The second-order valence-electron chi connectivity index (χ2n) is 4.04. The molecule has 0 unspecified atom stereocenters. The SMILES string of the molecule is CCOC(=O)c1cnn2cc(-c3ccc[nH]c3=O)sc12.Cl. The summed E-state index contributed by atoms with van der Waals surface area (Å²) < 4.78 is 6.56. The van der Waals surface area contributed by atoms with Crippen molar-refractivity contribution in [1.82, 2.24) is 14.6 Å². The third-order valence-corrected chi connectivity index (χ3v) is 3.92. The first-order chi connectivity index (χ1) is 9.70. The van der Waals surface area contributed by atoms with Crippen molar-refractivity contribution in [2.75, 3.05) is 6.61 Å². The average Bonchev–Trinajstić information content (AvgIpc) is 2.99. The number of thiazole rings is 1. The lowest BCUT2D eigenvalue weighted by Crippen LogP contribution is -2.05. The first-order valence-corrected chi connectivity index (χ1v) is 6.84. The maximum Gasteiger partial charge on any atom is 0.342 e. The fraction of sp³-hybridized carbons (Fsp3) is 0.154. The number of hydrogen-bond donors (Lipinski definition) is 1. The number of carbonyl (C=O) groups excluding carboxylic acids is 1. The normalized spacial score (nSPS) is 10.3. The highest BCUT2D eigenvalue weighted by atomic mass is 35.5. The van der Waals surface area contributed by atoms with Crippen LogP contribution in [0.2, 0.25) is 0 Å². The molecule has 0 aromatic carbocycles. The van der Waals surface area contributed by atoms with Gasteiger partial charge in [0, 0.05) is 12.4 Å². The molecule has 0 saturated heterocycles. The number of fused-ring (bicyclic) bond motifs is 1. The van der Waals surface area contributed by atoms with E-state index >= 15 is 0 Å². The molecule has 1 N–H and O–H groups in total. The van der Waals surface area contributed by atoms with E-state index in [1.807, 2.05) is 0 Å². The first kappa shape index (κ1) is 15.3. The van der Waals surface area contributed by atoms with Gasteiger partial charge in [0.15, 0.2) is 0 Å². The molecule has 0 aliphatic heterocycles. The lowest BCUT2D eigenvalue weighted by Gasteiger charge is -1.97. The number of hydrogen-bond acceptors (Lipinski definition) is 5. The first-order valence-electron chi connectivity index (χ1n) is 6.03. The lowest BCUT2D eigenvalue weighted by atomic mass is 10.2. The van der Waals surface area contributed by atoms with Crippen LogP contribution in [0.15, 0.2) is 35.5 Å². The van der Waals surface area contributed by atoms with Crippen molar-refractivity contribution < 1.29 is 9.53 Å². The van der Waals surface area contributed by atoms with E-state index in [-0.39, 0.29) is 18.0 Å². The van der Waals surface area contributed by atoms with Gasteiger partial charge in [0.05, 0.1) is 23.2 Å². The average molecular weight is 326 g/mol. The summed E-state index contributed by atoms with van der Waals surface area (Å²) in [6.45, 7) is 2.06. The summed E-state index contributed by atoms with van der Waals surface area (Å²) in [5.74, 6) is -0.405. The zero-order chi connectivity index (χ0) is 14.1. The van der Waals surface area contributed by atoms with E-state index in [4.69, 9.17) is 4.74 Å². The largest absolute Gasteiger partial charge is 0.462 e. The van der Waals surface area contributed by atoms with Crippen molar-refractivity contribution in [2.45, 2.75) is 6.92 Å². The van der Waals surface area contributed by atoms with Gasteiger partial charge in [-0.25, -0.2) is 9.31 Å². The zero-order valence-corrected chi connectivity index (χ0v) is 12.7. The molecule has 0 radical (unpaired) electrons. The second-order valence-corrected chi connectivity index (χ2v) is 5.07. The van der Waals surface area contributed by atoms with Gasteiger partial charge >= 0.3 is 5.97 Å². The molecule has 110 valence electrons. The fourth-order valence-electron chi connectivity index (χ4n) is 1.88. The molecule has 6 nitrogen and oxygen atoms in total. The van der Waals surface area contributed by atoms with Gasteiger partial charge in [-0.15, -0.1) is 23.7 Å². The van der Waals surface area contributed by atoms with Gasteiger partial charge in [-0.05, 0) is 19.1 Å². The molecule has 0 saturated carbocycles. The van der Waals surface area contributed by atoms with Gasteiger partial charge < -0.3 is 9.72 Å². The van der Waals surface area contributed by atoms with Crippen molar-refractivity contribution in [3.63, 3.8) is 0 Å². The highest BCUT2D eigenvalue weighted by Gasteiger charge is 2.17. The Labute approximate surface area is 129 Å². The summed E-state index contributed by atoms with van der Waals surface area (Å²) in [6.07, 6.45) is 4.78. The number of nitrogens with zero attached hydrogens (tertiary/aromatic N) is 2. The minimum absolute atomic E-state index is 0. The van der Waals surface area contributed by atoms with Gasteiger partial charge in [-0.1, -0.05) is 0 Å². The van der Waals surface area contributed by atoms with Gasteiger partial charge in [-0.3, -0.25) is 4.79 Å². The van der Waals surface area contributed by atoms with Gasteiger partial charge in [-0.2, -0.15) is 5.10 Å². The summed E-state index contributed by atoms with van der Waals surface area (Å²) in [7, 11) is 0. The number of ether oxygens (including phenoxy) is 1. The van der Waals surface area contributed by atoms with Crippen LogP contribution in [0.3, 0.4) is 0 Å². The van der Waals surface area contributed by atoms with Crippen LogP contribution >= 0.6 is 23.7 Å². The Bertz CT molecular complexity index is 836. The molecule has 3 aromatic rings. The van der Waals surface area contributed by atoms with E-state index in [1.54, 1.807) is 36.0 Å². The Morgan fingerprint density at radius 1 is 1.52 bits per heavy atom. The van der Waals surface area contributed by atoms with Crippen LogP contribution in [0.1, 0.15) is 17.3 Å². The molecule has 0 amide bonds. The molecule has 0 aliphatic rings. The third kappa shape index (κ3) is 2.70. The number of carbonyl (C=O) groups is 1. The number of aromatic nitrogens is 3. The maximum atomic E-state index is 11.8. The predicted molar refractivity (Wildman–Crippen MR) is 82.3 cm³/mol. The number of H-pyrrole nitrogens is 1. The molecule has 8 heteroatoms. The Morgan fingerprint density at radius 2 is 2.33 bits per heavy atom. The molecule has 0 fully saturated rings. The molecule has 3 aromatic heterocycles. The van der Waals surface area contributed by atoms with Crippen LogP contribution in [0.4, 0.5) is 0 Å². The van der Waals surface area contributed by atoms with E-state index in [1.165, 1.54) is 17.5 Å². The van der Waals surface area contributed by atoms with Crippen molar-refractivity contribution in [3.05, 3.63) is 46.6 Å². The van der Waals surface area contributed by atoms with Crippen LogP contribution in [-0.2, 0) is 4.74 Å². The number of aromatic amines is 1. The number of esters is 1. The highest BCUT2D eigenvalue weighted by molar-refractivity contribution is 7.21. The molecule has 21 heavy (non-hydrogen) atoms. The molecule has 3 heterocycles. The highest BCUT2D eigenvalue weighted by Crippen LogP contribution is 2.28. The molecular weight excluding hydrogens is 314 g/mol. The van der Waals surface area contributed by atoms with Gasteiger partial charge in [0.25, 0.3) is 5.56 Å². The number of nitrogens with one attached hydrogen (secondary N) is 1. The minimum atomic E-state index is -0.405. The second kappa shape index (κ2) is 6.11. The molecule has 0 spiro atoms. The van der Waals surface area contributed by atoms with E-state index < -0.39 is 5.97 Å². The van der Waals surface area contributed by atoms with E-state index in [2.05, 4.69) is 10.1 Å². The molecule has 0 bridgehead atoms. The summed E-state index contributed by atoms with van der Waals surface area (Å²) in [6, 6.07) is 3.49. The Hall–Kier alpha value is -2.12. The Morgan fingerprint density at radius 3 is 3.05 bits per heavy atom. The maximum absolute atomic E-state index is 11.8. The topological polar surface area (TPSA) is 76.5 Å². The molecule has 3 rings (SSSR count). The fourth-order valence-corrected chi connectivity index (χ4v) is 2.95. The number of pyridine rings is 1. The van der Waals surface area contributed by atoms with Crippen LogP contribution in [0.25, 0.3) is 15.3 Å². The monoisotopic (exact) mass is 325 g/mol. The zero-order valence-electron chi connectivity index (χ0n) is 11.0. The molecule has 0 aliphatic carbocycles. The summed E-state index contributed by atoms with van der Waals surface area (Å²) in [5, 5.41) is 4.11. The number of rotatable bonds is 3. The molecule has 0 atom stereocenters. The quantitative estimate of drug-likeness (QED) is 0.750. The smallest absolute Gasteiger partial charge is 0.342 e. The van der Waals surface area contributed by atoms with E-state index in [9.17, 15) is 9.59 Å². The Kier molecular flexibility index (Phi) is 4.44. The van der Waals surface area contributed by atoms with Crippen LogP contribution < -0.4 is 5.56 Å². The van der Waals surface area contributed by atoms with Crippen molar-refractivity contribution >= 4 is 34.5 Å². The van der Waals surface area contributed by atoms with Crippen LogP contribution in [-0.4, -0.2) is 27.2 Å². The van der Waals surface area contributed by atoms with Crippen molar-refractivity contribution in [3.8, 4) is 10.4 Å². The van der Waals surface area contributed by atoms with Gasteiger partial charge in [0.2, 0.25) is 0 Å². The van der Waals surface area contributed by atoms with Crippen molar-refractivity contribution in [2.24, 2.45) is 0 Å². The lowest BCUT2D eigenvalue weighted by molar-refractivity contribution is 0.0529. The molecular formula is C13H12ClN3O3S. The number of halogens is 1. The Balaban J connectivity index is 0.00000161. The minimum Gasteiger partial charge on any atom is -0.462 e. The van der Waals surface area contributed by atoms with Crippen LogP contribution in [0.5, 0.6) is 0 Å². The summed E-state index contributed by atoms with van der Waals surface area (Å²) >= 11 is 1.33. The van der Waals surface area contributed by atoms with Gasteiger partial charge in [0.1, 0.15) is 10.4 Å². The van der Waals surface area contributed by atoms with E-state index in [0.717, 1.165) is 4.88 Å². The summed E-state index contributed by atoms with van der Waals surface area (Å²) in [4.78, 5) is 27.6.